The number of hydrogen-bond donors (Lipinski definition) is 4. The summed E-state index contributed by atoms with van der Waals surface area (Å²) in [5, 5.41) is 16.6. The zero-order valence-electron chi connectivity index (χ0n) is 17.1. The molecule has 7 heteroatoms. The van der Waals surface area contributed by atoms with E-state index in [4.69, 9.17) is 4.74 Å². The molecule has 0 saturated heterocycles. The second kappa shape index (κ2) is 9.93. The van der Waals surface area contributed by atoms with Crippen molar-refractivity contribution in [2.24, 2.45) is 0 Å². The summed E-state index contributed by atoms with van der Waals surface area (Å²) in [4.78, 5) is 27.5. The molecule has 158 valence electrons. The van der Waals surface area contributed by atoms with Gasteiger partial charge in [-0.3, -0.25) is 9.59 Å². The number of aryl methyl sites for hydroxylation is 1. The number of aromatic amines is 1. The first-order valence-corrected chi connectivity index (χ1v) is 9.89. The van der Waals surface area contributed by atoms with E-state index >= 15 is 0 Å². The largest absolute Gasteiger partial charge is 0.491 e. The maximum atomic E-state index is 12.7. The molecule has 0 aliphatic rings. The van der Waals surface area contributed by atoms with Crippen molar-refractivity contribution in [2.75, 3.05) is 13.2 Å². The Balaban J connectivity index is 1.56. The van der Waals surface area contributed by atoms with Crippen LogP contribution in [0.1, 0.15) is 18.1 Å². The number of para-hydroxylation sites is 1. The first kappa shape index (κ1) is 21.4. The fourth-order valence-electron chi connectivity index (χ4n) is 3.27. The Morgan fingerprint density at radius 3 is 2.73 bits per heavy atom. The fourth-order valence-corrected chi connectivity index (χ4v) is 3.27. The quantitative estimate of drug-likeness (QED) is 0.434. The van der Waals surface area contributed by atoms with Crippen molar-refractivity contribution in [3.05, 3.63) is 65.9 Å². The molecule has 0 fully saturated rings. The molecule has 0 aliphatic heterocycles. The summed E-state index contributed by atoms with van der Waals surface area (Å²) in [7, 11) is 0. The van der Waals surface area contributed by atoms with Gasteiger partial charge >= 0.3 is 0 Å². The van der Waals surface area contributed by atoms with Gasteiger partial charge in [0, 0.05) is 37.0 Å². The molecule has 1 heterocycles. The summed E-state index contributed by atoms with van der Waals surface area (Å²) in [5.74, 6) is 0.0132. The third-order valence-electron chi connectivity index (χ3n) is 4.74. The number of H-pyrrole nitrogens is 1. The summed E-state index contributed by atoms with van der Waals surface area (Å²) < 4.78 is 5.56. The number of amides is 2. The van der Waals surface area contributed by atoms with Gasteiger partial charge in [0.05, 0.1) is 0 Å². The number of benzene rings is 2. The molecule has 4 N–H and O–H groups in total. The molecule has 2 amide bonds. The number of carbonyl (C=O) groups is 2. The zero-order valence-corrected chi connectivity index (χ0v) is 17.1. The topological polar surface area (TPSA) is 103 Å². The van der Waals surface area contributed by atoms with Crippen molar-refractivity contribution in [2.45, 2.75) is 32.4 Å². The lowest BCUT2D eigenvalue weighted by molar-refractivity contribution is -0.128. The number of ether oxygens (including phenoxy) is 1. The normalized spacial score (nSPS) is 12.9. The standard InChI is InChI=1S/C23H27N3O4/c1-15-6-5-7-19(10-15)30-14-18(28)13-25-23(29)22(26-16(2)27)11-17-12-24-21-9-4-3-8-20(17)21/h3-10,12,18,22,24,28H,11,13-14H2,1-2H3,(H,25,29)(H,26,27). The van der Waals surface area contributed by atoms with E-state index in [9.17, 15) is 14.7 Å². The van der Waals surface area contributed by atoms with Gasteiger partial charge in [-0.2, -0.15) is 0 Å². The molecule has 7 nitrogen and oxygen atoms in total. The fraction of sp³-hybridized carbons (Fsp3) is 0.304. The minimum Gasteiger partial charge on any atom is -0.491 e. The van der Waals surface area contributed by atoms with Gasteiger partial charge < -0.3 is 25.5 Å². The second-order valence-corrected chi connectivity index (χ2v) is 7.34. The number of carbonyl (C=O) groups excluding carboxylic acids is 2. The molecule has 30 heavy (non-hydrogen) atoms. The lowest BCUT2D eigenvalue weighted by atomic mass is 10.0. The zero-order chi connectivity index (χ0) is 21.5. The number of nitrogens with one attached hydrogen (secondary N) is 3. The van der Waals surface area contributed by atoms with Gasteiger partial charge in [0.2, 0.25) is 11.8 Å². The van der Waals surface area contributed by atoms with Crippen LogP contribution in [-0.2, 0) is 16.0 Å². The van der Waals surface area contributed by atoms with Gasteiger partial charge in [-0.25, -0.2) is 0 Å². The van der Waals surface area contributed by atoms with Crippen LogP contribution in [0.4, 0.5) is 0 Å². The van der Waals surface area contributed by atoms with Crippen LogP contribution in [0.25, 0.3) is 10.9 Å². The van der Waals surface area contributed by atoms with E-state index in [-0.39, 0.29) is 25.0 Å². The van der Waals surface area contributed by atoms with Crippen LogP contribution in [0.3, 0.4) is 0 Å². The molecule has 3 rings (SSSR count). The molecular weight excluding hydrogens is 382 g/mol. The SMILES string of the molecule is CC(=O)NC(Cc1c[nH]c2ccccc12)C(=O)NCC(O)COc1cccc(C)c1. The van der Waals surface area contributed by atoms with Crippen molar-refractivity contribution in [1.82, 2.24) is 15.6 Å². The predicted octanol–water partition coefficient (Wildman–Crippen LogP) is 2.08. The molecule has 0 spiro atoms. The Labute approximate surface area is 175 Å². The average molecular weight is 409 g/mol. The number of rotatable bonds is 9. The molecule has 0 aliphatic carbocycles. The minimum atomic E-state index is -0.875. The van der Waals surface area contributed by atoms with Crippen LogP contribution in [0, 0.1) is 6.92 Å². The van der Waals surface area contributed by atoms with Crippen LogP contribution in [0.2, 0.25) is 0 Å². The van der Waals surface area contributed by atoms with E-state index in [1.807, 2.05) is 61.7 Å². The van der Waals surface area contributed by atoms with Gasteiger partial charge in [0.25, 0.3) is 0 Å². The Morgan fingerprint density at radius 1 is 1.17 bits per heavy atom. The van der Waals surface area contributed by atoms with Gasteiger partial charge in [-0.1, -0.05) is 30.3 Å². The van der Waals surface area contributed by atoms with Crippen molar-refractivity contribution in [3.63, 3.8) is 0 Å². The highest BCUT2D eigenvalue weighted by atomic mass is 16.5. The van der Waals surface area contributed by atoms with E-state index in [1.165, 1.54) is 6.92 Å². The van der Waals surface area contributed by atoms with Crippen LogP contribution >= 0.6 is 0 Å². The van der Waals surface area contributed by atoms with E-state index < -0.39 is 12.1 Å². The third-order valence-corrected chi connectivity index (χ3v) is 4.74. The van der Waals surface area contributed by atoms with Crippen molar-refractivity contribution >= 4 is 22.7 Å². The van der Waals surface area contributed by atoms with Crippen molar-refractivity contribution < 1.29 is 19.4 Å². The molecule has 0 radical (unpaired) electrons. The van der Waals surface area contributed by atoms with Crippen molar-refractivity contribution in [1.29, 1.82) is 0 Å². The molecule has 3 aromatic rings. The third kappa shape index (κ3) is 5.84. The summed E-state index contributed by atoms with van der Waals surface area (Å²) in [6, 6.07) is 14.6. The summed E-state index contributed by atoms with van der Waals surface area (Å²) in [6.07, 6.45) is 1.31. The number of aromatic nitrogens is 1. The molecule has 0 bridgehead atoms. The monoisotopic (exact) mass is 409 g/mol. The molecule has 2 aromatic carbocycles. The number of fused-ring (bicyclic) bond motifs is 1. The highest BCUT2D eigenvalue weighted by Crippen LogP contribution is 2.19. The summed E-state index contributed by atoms with van der Waals surface area (Å²) in [6.45, 7) is 3.41. The number of aliphatic hydroxyl groups excluding tert-OH is 1. The average Bonchev–Trinajstić information content (AvgIpc) is 3.12. The Bertz CT molecular complexity index is 1010. The predicted molar refractivity (Wildman–Crippen MR) is 115 cm³/mol. The maximum Gasteiger partial charge on any atom is 0.243 e. The number of hydrogen-bond acceptors (Lipinski definition) is 4. The molecular formula is C23H27N3O4. The number of aliphatic hydroxyl groups is 1. The molecule has 2 unspecified atom stereocenters. The minimum absolute atomic E-state index is 0.0224. The maximum absolute atomic E-state index is 12.7. The Kier molecular flexibility index (Phi) is 7.08. The first-order valence-electron chi connectivity index (χ1n) is 9.89. The van der Waals surface area contributed by atoms with Crippen LogP contribution in [0.15, 0.2) is 54.7 Å². The first-order chi connectivity index (χ1) is 14.4. The molecule has 2 atom stereocenters. The van der Waals surface area contributed by atoms with E-state index in [1.54, 1.807) is 0 Å². The summed E-state index contributed by atoms with van der Waals surface area (Å²) >= 11 is 0. The smallest absolute Gasteiger partial charge is 0.243 e. The lowest BCUT2D eigenvalue weighted by Gasteiger charge is -2.19. The van der Waals surface area contributed by atoms with Crippen LogP contribution in [-0.4, -0.2) is 47.2 Å². The van der Waals surface area contributed by atoms with Crippen molar-refractivity contribution in [3.8, 4) is 5.75 Å². The van der Waals surface area contributed by atoms with E-state index in [0.29, 0.717) is 12.2 Å². The van der Waals surface area contributed by atoms with Gasteiger partial charge in [-0.05, 0) is 36.2 Å². The lowest BCUT2D eigenvalue weighted by Crippen LogP contribution is -2.49. The van der Waals surface area contributed by atoms with Gasteiger partial charge in [0.1, 0.15) is 24.5 Å². The summed E-state index contributed by atoms with van der Waals surface area (Å²) in [5.41, 5.74) is 2.96. The van der Waals surface area contributed by atoms with Crippen LogP contribution in [0.5, 0.6) is 5.75 Å². The second-order valence-electron chi connectivity index (χ2n) is 7.34. The highest BCUT2D eigenvalue weighted by molar-refractivity contribution is 5.89. The Morgan fingerprint density at radius 2 is 1.97 bits per heavy atom. The van der Waals surface area contributed by atoms with E-state index in [0.717, 1.165) is 22.0 Å². The van der Waals surface area contributed by atoms with Gasteiger partial charge in [-0.15, -0.1) is 0 Å². The van der Waals surface area contributed by atoms with E-state index in [2.05, 4.69) is 15.6 Å². The highest BCUT2D eigenvalue weighted by Gasteiger charge is 2.22. The van der Waals surface area contributed by atoms with Crippen LogP contribution < -0.4 is 15.4 Å². The molecule has 1 aromatic heterocycles. The molecule has 0 saturated carbocycles. The van der Waals surface area contributed by atoms with Gasteiger partial charge in [0.15, 0.2) is 0 Å². The Hall–Kier alpha value is -3.32.